The fraction of sp³-hybridized carbons (Fsp3) is 0.364. The van der Waals surface area contributed by atoms with E-state index in [2.05, 4.69) is 33.8 Å². The van der Waals surface area contributed by atoms with Crippen molar-refractivity contribution >= 4 is 35.1 Å². The van der Waals surface area contributed by atoms with Crippen molar-refractivity contribution in [3.05, 3.63) is 59.7 Å². The SMILES string of the molecule is Cc1c(CN2CCSCC2)cccc1NC(=O)CCNC(=O)Nc1ccccc1. The summed E-state index contributed by atoms with van der Waals surface area (Å²) in [7, 11) is 0. The summed E-state index contributed by atoms with van der Waals surface area (Å²) < 4.78 is 0. The minimum atomic E-state index is -0.318. The molecular formula is C22H28N4O2S. The quantitative estimate of drug-likeness (QED) is 0.648. The lowest BCUT2D eigenvalue weighted by Gasteiger charge is -2.27. The Bertz CT molecular complexity index is 823. The van der Waals surface area contributed by atoms with Gasteiger partial charge in [0.2, 0.25) is 5.91 Å². The first-order valence-corrected chi connectivity index (χ1v) is 11.1. The molecule has 1 heterocycles. The van der Waals surface area contributed by atoms with Crippen LogP contribution in [0.2, 0.25) is 0 Å². The van der Waals surface area contributed by atoms with Crippen molar-refractivity contribution in [2.24, 2.45) is 0 Å². The predicted octanol–water partition coefficient (Wildman–Crippen LogP) is 3.69. The Morgan fingerprint density at radius 2 is 1.76 bits per heavy atom. The molecule has 2 aromatic carbocycles. The molecule has 2 aromatic rings. The first-order valence-electron chi connectivity index (χ1n) is 9.90. The second kappa shape index (κ2) is 10.9. The number of amides is 3. The highest BCUT2D eigenvalue weighted by molar-refractivity contribution is 7.99. The molecule has 3 N–H and O–H groups in total. The predicted molar refractivity (Wildman–Crippen MR) is 120 cm³/mol. The smallest absolute Gasteiger partial charge is 0.319 e. The molecule has 0 bridgehead atoms. The maximum atomic E-state index is 12.3. The lowest BCUT2D eigenvalue weighted by atomic mass is 10.1. The fourth-order valence-electron chi connectivity index (χ4n) is 3.19. The molecule has 1 aliphatic rings. The van der Waals surface area contributed by atoms with E-state index in [9.17, 15) is 9.59 Å². The van der Waals surface area contributed by atoms with Gasteiger partial charge in [0.05, 0.1) is 0 Å². The second-order valence-corrected chi connectivity index (χ2v) is 8.25. The van der Waals surface area contributed by atoms with Crippen LogP contribution < -0.4 is 16.0 Å². The largest absolute Gasteiger partial charge is 0.337 e. The summed E-state index contributed by atoms with van der Waals surface area (Å²) >= 11 is 2.00. The van der Waals surface area contributed by atoms with Crippen LogP contribution >= 0.6 is 11.8 Å². The van der Waals surface area contributed by atoms with Crippen LogP contribution in [-0.4, -0.2) is 48.0 Å². The zero-order chi connectivity index (χ0) is 20.5. The van der Waals surface area contributed by atoms with Gasteiger partial charge in [0.25, 0.3) is 0 Å². The molecule has 154 valence electrons. The monoisotopic (exact) mass is 412 g/mol. The van der Waals surface area contributed by atoms with Crippen LogP contribution in [0.1, 0.15) is 17.5 Å². The van der Waals surface area contributed by atoms with E-state index in [4.69, 9.17) is 0 Å². The number of urea groups is 1. The number of carbonyl (C=O) groups is 2. The summed E-state index contributed by atoms with van der Waals surface area (Å²) in [6, 6.07) is 14.9. The average molecular weight is 413 g/mol. The molecule has 3 amide bonds. The molecule has 0 aromatic heterocycles. The van der Waals surface area contributed by atoms with E-state index in [1.807, 2.05) is 54.2 Å². The summed E-state index contributed by atoms with van der Waals surface area (Å²) in [6.07, 6.45) is 0.217. The second-order valence-electron chi connectivity index (χ2n) is 7.02. The summed E-state index contributed by atoms with van der Waals surface area (Å²) in [4.78, 5) is 26.6. The minimum Gasteiger partial charge on any atom is -0.337 e. The fourth-order valence-corrected chi connectivity index (χ4v) is 4.17. The van der Waals surface area contributed by atoms with Crippen LogP contribution in [0.4, 0.5) is 16.2 Å². The Kier molecular flexibility index (Phi) is 7.95. The standard InChI is InChI=1S/C22H28N4O2S/c1-17-18(16-26-12-14-29-15-13-26)6-5-9-20(17)25-21(27)10-11-23-22(28)24-19-7-3-2-4-8-19/h2-9H,10-16H2,1H3,(H,25,27)(H2,23,24,28). The van der Waals surface area contributed by atoms with E-state index in [0.717, 1.165) is 30.9 Å². The third-order valence-electron chi connectivity index (χ3n) is 4.89. The first-order chi connectivity index (χ1) is 14.1. The maximum Gasteiger partial charge on any atom is 0.319 e. The molecule has 1 saturated heterocycles. The van der Waals surface area contributed by atoms with Crippen LogP contribution in [-0.2, 0) is 11.3 Å². The number of benzene rings is 2. The first kappa shape index (κ1) is 21.2. The van der Waals surface area contributed by atoms with Gasteiger partial charge in [0.1, 0.15) is 0 Å². The van der Waals surface area contributed by atoms with Gasteiger partial charge in [-0.15, -0.1) is 0 Å². The van der Waals surface area contributed by atoms with Gasteiger partial charge in [-0.05, 0) is 36.2 Å². The molecular weight excluding hydrogens is 384 g/mol. The number of thioether (sulfide) groups is 1. The van der Waals surface area contributed by atoms with Crippen molar-refractivity contribution in [3.63, 3.8) is 0 Å². The Morgan fingerprint density at radius 3 is 2.52 bits per heavy atom. The summed E-state index contributed by atoms with van der Waals surface area (Å²) in [6.45, 7) is 5.45. The lowest BCUT2D eigenvalue weighted by Crippen LogP contribution is -2.32. The molecule has 1 fully saturated rings. The van der Waals surface area contributed by atoms with Crippen LogP contribution in [0.5, 0.6) is 0 Å². The van der Waals surface area contributed by atoms with E-state index in [1.165, 1.54) is 17.1 Å². The number of nitrogens with one attached hydrogen (secondary N) is 3. The number of anilines is 2. The van der Waals surface area contributed by atoms with E-state index in [-0.39, 0.29) is 24.9 Å². The van der Waals surface area contributed by atoms with Gasteiger partial charge in [-0.1, -0.05) is 30.3 Å². The van der Waals surface area contributed by atoms with Gasteiger partial charge in [-0.25, -0.2) is 4.79 Å². The van der Waals surface area contributed by atoms with Gasteiger partial charge < -0.3 is 16.0 Å². The van der Waals surface area contributed by atoms with Crippen molar-refractivity contribution in [3.8, 4) is 0 Å². The number of carbonyl (C=O) groups excluding carboxylic acids is 2. The highest BCUT2D eigenvalue weighted by atomic mass is 32.2. The van der Waals surface area contributed by atoms with Crippen LogP contribution in [0, 0.1) is 6.92 Å². The van der Waals surface area contributed by atoms with Gasteiger partial charge in [0, 0.05) is 55.5 Å². The molecule has 0 unspecified atom stereocenters. The third kappa shape index (κ3) is 6.80. The Labute approximate surface area is 176 Å². The van der Waals surface area contributed by atoms with Gasteiger partial charge >= 0.3 is 6.03 Å². The van der Waals surface area contributed by atoms with Gasteiger partial charge in [0.15, 0.2) is 0 Å². The third-order valence-corrected chi connectivity index (χ3v) is 5.83. The maximum absolute atomic E-state index is 12.3. The number of hydrogen-bond acceptors (Lipinski definition) is 4. The van der Waals surface area contributed by atoms with Crippen molar-refractivity contribution < 1.29 is 9.59 Å². The van der Waals surface area contributed by atoms with E-state index in [0.29, 0.717) is 5.69 Å². The van der Waals surface area contributed by atoms with Crippen molar-refractivity contribution in [2.45, 2.75) is 19.9 Å². The number of hydrogen-bond donors (Lipinski definition) is 3. The summed E-state index contributed by atoms with van der Waals surface area (Å²) in [5.74, 6) is 2.25. The normalized spacial score (nSPS) is 14.2. The van der Waals surface area contributed by atoms with Crippen molar-refractivity contribution in [1.82, 2.24) is 10.2 Å². The van der Waals surface area contributed by atoms with Gasteiger partial charge in [-0.3, -0.25) is 9.69 Å². The van der Waals surface area contributed by atoms with Crippen LogP contribution in [0.25, 0.3) is 0 Å². The van der Waals surface area contributed by atoms with Crippen LogP contribution in [0.15, 0.2) is 48.5 Å². The molecule has 3 rings (SSSR count). The number of nitrogens with zero attached hydrogens (tertiary/aromatic N) is 1. The Hall–Kier alpha value is -2.51. The molecule has 1 aliphatic heterocycles. The molecule has 0 radical (unpaired) electrons. The highest BCUT2D eigenvalue weighted by Crippen LogP contribution is 2.22. The topological polar surface area (TPSA) is 73.5 Å². The molecule has 0 spiro atoms. The van der Waals surface area contributed by atoms with E-state index >= 15 is 0 Å². The molecule has 29 heavy (non-hydrogen) atoms. The van der Waals surface area contributed by atoms with Crippen LogP contribution in [0.3, 0.4) is 0 Å². The molecule has 0 saturated carbocycles. The zero-order valence-electron chi connectivity index (χ0n) is 16.7. The minimum absolute atomic E-state index is 0.111. The number of rotatable bonds is 7. The zero-order valence-corrected chi connectivity index (χ0v) is 17.6. The van der Waals surface area contributed by atoms with E-state index < -0.39 is 0 Å². The molecule has 0 aliphatic carbocycles. The Balaban J connectivity index is 1.45. The summed E-state index contributed by atoms with van der Waals surface area (Å²) in [5, 5.41) is 8.42. The summed E-state index contributed by atoms with van der Waals surface area (Å²) in [5.41, 5.74) is 3.91. The van der Waals surface area contributed by atoms with Crippen molar-refractivity contribution in [1.29, 1.82) is 0 Å². The van der Waals surface area contributed by atoms with Crippen molar-refractivity contribution in [2.75, 3.05) is 41.8 Å². The molecule has 0 atom stereocenters. The Morgan fingerprint density at radius 1 is 1.00 bits per heavy atom. The molecule has 7 heteroatoms. The van der Waals surface area contributed by atoms with Gasteiger partial charge in [-0.2, -0.15) is 11.8 Å². The average Bonchev–Trinajstić information content (AvgIpc) is 2.72. The van der Waals surface area contributed by atoms with E-state index in [1.54, 1.807) is 0 Å². The molecule has 6 nitrogen and oxygen atoms in total. The lowest BCUT2D eigenvalue weighted by molar-refractivity contribution is -0.116. The highest BCUT2D eigenvalue weighted by Gasteiger charge is 2.14. The number of para-hydroxylation sites is 1.